The summed E-state index contributed by atoms with van der Waals surface area (Å²) in [4.78, 5) is 36.4. The van der Waals surface area contributed by atoms with Crippen molar-refractivity contribution in [3.05, 3.63) is 83.4 Å². The molecule has 0 spiro atoms. The summed E-state index contributed by atoms with van der Waals surface area (Å²) >= 11 is 0. The standard InChI is InChI=1S/C25H23N3O6/c1-16-4-8-18(9-5-16)25(31)34-19-10-6-17(7-11-19)15-26-28-24(30)23(29)27-21-14-20(32-2)12-13-22(21)33-3/h4-15H,1-3H3,(H,27,29)(H,28,30). The number of hydrogen-bond acceptors (Lipinski definition) is 7. The molecule has 0 aliphatic heterocycles. The number of methoxy groups -OCH3 is 2. The molecule has 2 N–H and O–H groups in total. The Morgan fingerprint density at radius 2 is 1.50 bits per heavy atom. The molecule has 0 aliphatic rings. The van der Waals surface area contributed by atoms with Crippen molar-refractivity contribution < 1.29 is 28.6 Å². The van der Waals surface area contributed by atoms with Crippen molar-refractivity contribution in [3.8, 4) is 17.2 Å². The predicted octanol–water partition coefficient (Wildman–Crippen LogP) is 3.32. The van der Waals surface area contributed by atoms with Gasteiger partial charge in [0.15, 0.2) is 0 Å². The molecule has 0 aromatic heterocycles. The third-order valence-corrected chi connectivity index (χ3v) is 4.62. The quantitative estimate of drug-likeness (QED) is 0.183. The molecule has 34 heavy (non-hydrogen) atoms. The van der Waals surface area contributed by atoms with E-state index < -0.39 is 17.8 Å². The van der Waals surface area contributed by atoms with Crippen molar-refractivity contribution >= 4 is 29.7 Å². The zero-order valence-corrected chi connectivity index (χ0v) is 18.8. The minimum Gasteiger partial charge on any atom is -0.497 e. The highest BCUT2D eigenvalue weighted by Crippen LogP contribution is 2.28. The molecule has 2 amide bonds. The van der Waals surface area contributed by atoms with E-state index in [9.17, 15) is 14.4 Å². The van der Waals surface area contributed by atoms with E-state index in [4.69, 9.17) is 14.2 Å². The lowest BCUT2D eigenvalue weighted by atomic mass is 10.1. The lowest BCUT2D eigenvalue weighted by Crippen LogP contribution is -2.32. The highest BCUT2D eigenvalue weighted by molar-refractivity contribution is 6.39. The van der Waals surface area contributed by atoms with Crippen LogP contribution in [0, 0.1) is 6.92 Å². The van der Waals surface area contributed by atoms with Gasteiger partial charge in [-0.25, -0.2) is 10.2 Å². The molecule has 3 aromatic carbocycles. The molecule has 0 atom stereocenters. The van der Waals surface area contributed by atoms with Crippen molar-refractivity contribution in [2.45, 2.75) is 6.92 Å². The largest absolute Gasteiger partial charge is 0.497 e. The first-order valence-corrected chi connectivity index (χ1v) is 10.1. The van der Waals surface area contributed by atoms with Crippen molar-refractivity contribution in [1.82, 2.24) is 5.43 Å². The number of hydrazone groups is 1. The van der Waals surface area contributed by atoms with E-state index in [1.807, 2.05) is 19.1 Å². The van der Waals surface area contributed by atoms with Gasteiger partial charge in [-0.1, -0.05) is 17.7 Å². The van der Waals surface area contributed by atoms with Crippen LogP contribution >= 0.6 is 0 Å². The van der Waals surface area contributed by atoms with Gasteiger partial charge in [0.25, 0.3) is 0 Å². The number of carbonyl (C=O) groups is 3. The Morgan fingerprint density at radius 1 is 0.824 bits per heavy atom. The van der Waals surface area contributed by atoms with Crippen LogP contribution in [0.15, 0.2) is 71.8 Å². The number of nitrogens with zero attached hydrogens (tertiary/aromatic N) is 1. The fraction of sp³-hybridized carbons (Fsp3) is 0.120. The monoisotopic (exact) mass is 461 g/mol. The van der Waals surface area contributed by atoms with Gasteiger partial charge in [0.1, 0.15) is 17.2 Å². The first-order valence-electron chi connectivity index (χ1n) is 10.1. The number of ether oxygens (including phenoxy) is 3. The number of amides is 2. The first kappa shape index (κ1) is 24.0. The summed E-state index contributed by atoms with van der Waals surface area (Å²) in [7, 11) is 2.92. The maximum absolute atomic E-state index is 12.2. The molecule has 0 unspecified atom stereocenters. The number of benzene rings is 3. The van der Waals surface area contributed by atoms with Gasteiger partial charge in [0.2, 0.25) is 0 Å². The van der Waals surface area contributed by atoms with Gasteiger partial charge in [-0.15, -0.1) is 0 Å². The van der Waals surface area contributed by atoms with Gasteiger partial charge >= 0.3 is 17.8 Å². The molecule has 174 valence electrons. The zero-order chi connectivity index (χ0) is 24.5. The fourth-order valence-corrected chi connectivity index (χ4v) is 2.78. The lowest BCUT2D eigenvalue weighted by Gasteiger charge is -2.11. The van der Waals surface area contributed by atoms with E-state index >= 15 is 0 Å². The normalized spacial score (nSPS) is 10.4. The number of carbonyl (C=O) groups excluding carboxylic acids is 3. The molecule has 0 fully saturated rings. The van der Waals surface area contributed by atoms with Crippen molar-refractivity contribution in [2.75, 3.05) is 19.5 Å². The summed E-state index contributed by atoms with van der Waals surface area (Å²) in [5.74, 6) is -1.14. The highest BCUT2D eigenvalue weighted by Gasteiger charge is 2.16. The number of esters is 1. The zero-order valence-electron chi connectivity index (χ0n) is 18.8. The Hall–Kier alpha value is -4.66. The maximum atomic E-state index is 12.2. The van der Waals surface area contributed by atoms with Gasteiger partial charge < -0.3 is 19.5 Å². The Balaban J connectivity index is 1.53. The van der Waals surface area contributed by atoms with E-state index in [-0.39, 0.29) is 5.69 Å². The third kappa shape index (κ3) is 6.42. The predicted molar refractivity (Wildman–Crippen MR) is 126 cm³/mol. The summed E-state index contributed by atoms with van der Waals surface area (Å²) in [6, 6.07) is 18.3. The maximum Gasteiger partial charge on any atom is 0.343 e. The highest BCUT2D eigenvalue weighted by atomic mass is 16.5. The van der Waals surface area contributed by atoms with E-state index in [1.54, 1.807) is 48.5 Å². The summed E-state index contributed by atoms with van der Waals surface area (Å²) in [6.07, 6.45) is 1.35. The van der Waals surface area contributed by atoms with Crippen LogP contribution in [0.3, 0.4) is 0 Å². The number of nitrogens with one attached hydrogen (secondary N) is 2. The smallest absolute Gasteiger partial charge is 0.343 e. The number of aryl methyl sites for hydroxylation is 1. The molecule has 0 saturated carbocycles. The van der Waals surface area contributed by atoms with Crippen LogP contribution in [0.5, 0.6) is 17.2 Å². The van der Waals surface area contributed by atoms with Crippen molar-refractivity contribution in [2.24, 2.45) is 5.10 Å². The SMILES string of the molecule is COc1ccc(OC)c(NC(=O)C(=O)NN=Cc2ccc(OC(=O)c3ccc(C)cc3)cc2)c1. The first-order chi connectivity index (χ1) is 16.4. The molecule has 3 rings (SSSR count). The van der Waals surface area contributed by atoms with Crippen molar-refractivity contribution in [1.29, 1.82) is 0 Å². The number of anilines is 1. The van der Waals surface area contributed by atoms with Gasteiger partial charge in [-0.05, 0) is 61.0 Å². The molecule has 0 radical (unpaired) electrons. The Bertz CT molecular complexity index is 1200. The van der Waals surface area contributed by atoms with E-state index in [2.05, 4.69) is 15.8 Å². The Kier molecular flexibility index (Phi) is 7.96. The third-order valence-electron chi connectivity index (χ3n) is 4.62. The van der Waals surface area contributed by atoms with Gasteiger partial charge in [0.05, 0.1) is 31.7 Å². The molecule has 0 aliphatic carbocycles. The van der Waals surface area contributed by atoms with Crippen LogP contribution in [0.4, 0.5) is 5.69 Å². The van der Waals surface area contributed by atoms with Crippen LogP contribution in [0.2, 0.25) is 0 Å². The van der Waals surface area contributed by atoms with Crippen LogP contribution in [0.25, 0.3) is 0 Å². The average Bonchev–Trinajstić information content (AvgIpc) is 2.85. The van der Waals surface area contributed by atoms with Gasteiger partial charge in [0, 0.05) is 6.07 Å². The van der Waals surface area contributed by atoms with Crippen LogP contribution < -0.4 is 25.0 Å². The van der Waals surface area contributed by atoms with E-state index in [0.717, 1.165) is 5.56 Å². The summed E-state index contributed by atoms with van der Waals surface area (Å²) in [5, 5.41) is 6.23. The average molecular weight is 461 g/mol. The van der Waals surface area contributed by atoms with Crippen LogP contribution in [-0.4, -0.2) is 38.2 Å². The molecule has 0 heterocycles. The van der Waals surface area contributed by atoms with Crippen LogP contribution in [0.1, 0.15) is 21.5 Å². The minimum absolute atomic E-state index is 0.279. The molecule has 9 heteroatoms. The molecule has 0 saturated heterocycles. The Labute approximate surface area is 196 Å². The van der Waals surface area contributed by atoms with Crippen molar-refractivity contribution in [3.63, 3.8) is 0 Å². The summed E-state index contributed by atoms with van der Waals surface area (Å²) in [6.45, 7) is 1.93. The number of rotatable bonds is 7. The second kappa shape index (κ2) is 11.3. The molecular weight excluding hydrogens is 438 g/mol. The van der Waals surface area contributed by atoms with Gasteiger partial charge in [-0.2, -0.15) is 5.10 Å². The van der Waals surface area contributed by atoms with E-state index in [0.29, 0.717) is 28.4 Å². The molecule has 9 nitrogen and oxygen atoms in total. The molecule has 0 bridgehead atoms. The summed E-state index contributed by atoms with van der Waals surface area (Å²) in [5.41, 5.74) is 4.54. The Morgan fingerprint density at radius 3 is 2.15 bits per heavy atom. The fourth-order valence-electron chi connectivity index (χ4n) is 2.78. The van der Waals surface area contributed by atoms with Gasteiger partial charge in [-0.3, -0.25) is 9.59 Å². The summed E-state index contributed by atoms with van der Waals surface area (Å²) < 4.78 is 15.6. The minimum atomic E-state index is -0.968. The topological polar surface area (TPSA) is 115 Å². The van der Waals surface area contributed by atoms with E-state index in [1.165, 1.54) is 26.5 Å². The molecule has 3 aromatic rings. The second-order valence-corrected chi connectivity index (χ2v) is 7.04. The molecular formula is C25H23N3O6. The second-order valence-electron chi connectivity index (χ2n) is 7.04. The van der Waals surface area contributed by atoms with Crippen LogP contribution in [-0.2, 0) is 9.59 Å². The lowest BCUT2D eigenvalue weighted by molar-refractivity contribution is -0.136. The number of hydrogen-bond donors (Lipinski definition) is 2.